The van der Waals surface area contributed by atoms with E-state index in [1.165, 1.54) is 10.9 Å². The Balaban J connectivity index is 2.11. The van der Waals surface area contributed by atoms with Crippen LogP contribution in [0.1, 0.15) is 38.5 Å². The number of halogens is 1. The number of amides is 1. The molecule has 0 aliphatic carbocycles. The van der Waals surface area contributed by atoms with E-state index in [-0.39, 0.29) is 11.4 Å². The third-order valence-corrected chi connectivity index (χ3v) is 5.28. The molecule has 0 radical (unpaired) electrons. The first-order chi connectivity index (χ1) is 10.2. The van der Waals surface area contributed by atoms with Crippen molar-refractivity contribution in [2.75, 3.05) is 6.54 Å². The van der Waals surface area contributed by atoms with Gasteiger partial charge in [0, 0.05) is 26.5 Å². The topological polar surface area (TPSA) is 68.3 Å². The number of fused-ring (bicyclic) bond motifs is 3. The molecule has 1 aromatic heterocycles. The van der Waals surface area contributed by atoms with E-state index in [0.29, 0.717) is 6.42 Å². The van der Waals surface area contributed by atoms with Crippen LogP contribution in [-0.2, 0) is 16.8 Å². The summed E-state index contributed by atoms with van der Waals surface area (Å²) in [6, 6.07) is 6.30. The van der Waals surface area contributed by atoms with Gasteiger partial charge >= 0.3 is 0 Å². The molecule has 3 rings (SSSR count). The fourth-order valence-corrected chi connectivity index (χ4v) is 3.94. The number of furan rings is 1. The Bertz CT molecular complexity index is 750. The smallest absolute Gasteiger partial charge is 0.223 e. The molecule has 5 heteroatoms. The molecule has 1 aromatic carbocycles. The SMILES string of the molecule is CC(C)(CC1(C)NCCc2c1oc1cc(I)ccc21)C(N)=O. The number of primary amides is 1. The van der Waals surface area contributed by atoms with E-state index < -0.39 is 5.41 Å². The summed E-state index contributed by atoms with van der Waals surface area (Å²) in [5.74, 6) is 0.665. The molecule has 22 heavy (non-hydrogen) atoms. The van der Waals surface area contributed by atoms with Crippen molar-refractivity contribution in [3.63, 3.8) is 0 Å². The van der Waals surface area contributed by atoms with Crippen LogP contribution in [0.3, 0.4) is 0 Å². The fraction of sp³-hybridized carbons (Fsp3) is 0.471. The molecule has 0 saturated heterocycles. The Morgan fingerprint density at radius 1 is 1.50 bits per heavy atom. The van der Waals surface area contributed by atoms with Crippen molar-refractivity contribution >= 4 is 39.5 Å². The molecule has 0 spiro atoms. The highest BCUT2D eigenvalue weighted by molar-refractivity contribution is 14.1. The van der Waals surface area contributed by atoms with Gasteiger partial charge in [-0.05, 0) is 60.6 Å². The number of nitrogens with one attached hydrogen (secondary N) is 1. The number of rotatable bonds is 3. The van der Waals surface area contributed by atoms with E-state index in [1.54, 1.807) is 0 Å². The van der Waals surface area contributed by atoms with Crippen molar-refractivity contribution in [2.24, 2.45) is 11.1 Å². The van der Waals surface area contributed by atoms with Gasteiger partial charge in [0.2, 0.25) is 5.91 Å². The zero-order valence-electron chi connectivity index (χ0n) is 13.1. The number of hydrogen-bond donors (Lipinski definition) is 2. The second-order valence-electron chi connectivity index (χ2n) is 6.98. The lowest BCUT2D eigenvalue weighted by Crippen LogP contribution is -2.49. The van der Waals surface area contributed by atoms with Crippen LogP contribution in [0.15, 0.2) is 22.6 Å². The molecule has 0 saturated carbocycles. The Kier molecular flexibility index (Phi) is 3.76. The van der Waals surface area contributed by atoms with Crippen LogP contribution < -0.4 is 11.1 Å². The summed E-state index contributed by atoms with van der Waals surface area (Å²) in [7, 11) is 0. The van der Waals surface area contributed by atoms with Crippen molar-refractivity contribution in [3.05, 3.63) is 33.1 Å². The van der Waals surface area contributed by atoms with E-state index in [0.717, 1.165) is 27.9 Å². The van der Waals surface area contributed by atoms with Gasteiger partial charge in [0.05, 0.1) is 5.54 Å². The maximum atomic E-state index is 11.7. The second-order valence-corrected chi connectivity index (χ2v) is 8.23. The van der Waals surface area contributed by atoms with Gasteiger partial charge in [-0.25, -0.2) is 0 Å². The van der Waals surface area contributed by atoms with Crippen LogP contribution in [0.2, 0.25) is 0 Å². The van der Waals surface area contributed by atoms with Crippen LogP contribution in [0.4, 0.5) is 0 Å². The molecule has 2 aromatic rings. The van der Waals surface area contributed by atoms with Gasteiger partial charge in [-0.1, -0.05) is 13.8 Å². The van der Waals surface area contributed by atoms with E-state index in [1.807, 2.05) is 13.8 Å². The third kappa shape index (κ3) is 2.54. The summed E-state index contributed by atoms with van der Waals surface area (Å²) in [6.07, 6.45) is 1.55. The fourth-order valence-electron chi connectivity index (χ4n) is 3.48. The highest BCUT2D eigenvalue weighted by atomic mass is 127. The summed E-state index contributed by atoms with van der Waals surface area (Å²) >= 11 is 2.29. The number of carbonyl (C=O) groups excluding carboxylic acids is 1. The molecule has 4 nitrogen and oxygen atoms in total. The van der Waals surface area contributed by atoms with Gasteiger partial charge in [0.25, 0.3) is 0 Å². The van der Waals surface area contributed by atoms with Crippen molar-refractivity contribution < 1.29 is 9.21 Å². The molecular formula is C17H21IN2O2. The molecule has 0 fully saturated rings. The maximum Gasteiger partial charge on any atom is 0.223 e. The van der Waals surface area contributed by atoms with Gasteiger partial charge in [-0.2, -0.15) is 0 Å². The Morgan fingerprint density at radius 2 is 2.23 bits per heavy atom. The Labute approximate surface area is 143 Å². The van der Waals surface area contributed by atoms with E-state index >= 15 is 0 Å². The molecule has 2 heterocycles. The quantitative estimate of drug-likeness (QED) is 0.761. The minimum absolute atomic E-state index is 0.284. The first-order valence-corrected chi connectivity index (χ1v) is 8.57. The van der Waals surface area contributed by atoms with Crippen LogP contribution in [0, 0.1) is 8.99 Å². The predicted octanol–water partition coefficient (Wildman–Crippen LogP) is 3.30. The van der Waals surface area contributed by atoms with Crippen LogP contribution >= 0.6 is 22.6 Å². The molecule has 1 unspecified atom stereocenters. The van der Waals surface area contributed by atoms with Gasteiger partial charge in [-0.3, -0.25) is 4.79 Å². The summed E-state index contributed by atoms with van der Waals surface area (Å²) < 4.78 is 7.35. The van der Waals surface area contributed by atoms with E-state index in [4.69, 9.17) is 10.2 Å². The molecule has 1 aliphatic rings. The molecule has 0 bridgehead atoms. The Hall–Kier alpha value is -1.08. The summed E-state index contributed by atoms with van der Waals surface area (Å²) in [4.78, 5) is 11.7. The normalized spacial score (nSPS) is 21.8. The Morgan fingerprint density at radius 3 is 2.91 bits per heavy atom. The van der Waals surface area contributed by atoms with Gasteiger partial charge < -0.3 is 15.5 Å². The lowest BCUT2D eigenvalue weighted by molar-refractivity contribution is -0.127. The molecular weight excluding hydrogens is 391 g/mol. The first-order valence-electron chi connectivity index (χ1n) is 7.49. The van der Waals surface area contributed by atoms with Crippen LogP contribution in [0.25, 0.3) is 11.0 Å². The average molecular weight is 412 g/mol. The van der Waals surface area contributed by atoms with E-state index in [2.05, 4.69) is 53.0 Å². The molecule has 1 amide bonds. The minimum Gasteiger partial charge on any atom is -0.459 e. The number of carbonyl (C=O) groups is 1. The van der Waals surface area contributed by atoms with Gasteiger partial charge in [0.1, 0.15) is 11.3 Å². The average Bonchev–Trinajstić information content (AvgIpc) is 2.77. The van der Waals surface area contributed by atoms with Crippen molar-refractivity contribution in [1.82, 2.24) is 5.32 Å². The number of nitrogens with two attached hydrogens (primary N) is 1. The zero-order chi connectivity index (χ0) is 16.1. The molecule has 3 N–H and O–H groups in total. The van der Waals surface area contributed by atoms with Crippen LogP contribution in [-0.4, -0.2) is 12.5 Å². The standard InChI is InChI=1S/C17H21IN2O2/c1-16(2,15(19)21)9-17(3)14-12(6-7-20-17)11-5-4-10(18)8-13(11)22-14/h4-5,8,20H,6-7,9H2,1-3H3,(H2,19,21). The highest BCUT2D eigenvalue weighted by Gasteiger charge is 2.42. The summed E-state index contributed by atoms with van der Waals surface area (Å²) in [5, 5.41) is 4.72. The lowest BCUT2D eigenvalue weighted by atomic mass is 9.75. The third-order valence-electron chi connectivity index (χ3n) is 4.61. The van der Waals surface area contributed by atoms with Gasteiger partial charge in [0.15, 0.2) is 0 Å². The molecule has 118 valence electrons. The summed E-state index contributed by atoms with van der Waals surface area (Å²) in [6.45, 7) is 6.76. The second kappa shape index (κ2) is 5.23. The predicted molar refractivity (Wildman–Crippen MR) is 95.6 cm³/mol. The first kappa shape index (κ1) is 15.8. The highest BCUT2D eigenvalue weighted by Crippen LogP contribution is 2.42. The summed E-state index contributed by atoms with van der Waals surface area (Å²) in [5.41, 5.74) is 6.77. The minimum atomic E-state index is -0.593. The number of hydrogen-bond acceptors (Lipinski definition) is 3. The lowest BCUT2D eigenvalue weighted by Gasteiger charge is -2.38. The van der Waals surface area contributed by atoms with Crippen molar-refractivity contribution in [2.45, 2.75) is 39.2 Å². The van der Waals surface area contributed by atoms with Crippen molar-refractivity contribution in [1.29, 1.82) is 0 Å². The zero-order valence-corrected chi connectivity index (χ0v) is 15.3. The van der Waals surface area contributed by atoms with Crippen molar-refractivity contribution in [3.8, 4) is 0 Å². The monoisotopic (exact) mass is 412 g/mol. The van der Waals surface area contributed by atoms with Gasteiger partial charge in [-0.15, -0.1) is 0 Å². The largest absolute Gasteiger partial charge is 0.459 e. The molecule has 1 atom stereocenters. The van der Waals surface area contributed by atoms with Crippen LogP contribution in [0.5, 0.6) is 0 Å². The van der Waals surface area contributed by atoms with E-state index in [9.17, 15) is 4.79 Å². The molecule has 1 aliphatic heterocycles. The maximum absolute atomic E-state index is 11.7. The number of benzene rings is 1.